The molecule has 0 radical (unpaired) electrons. The van der Waals surface area contributed by atoms with Crippen molar-refractivity contribution in [2.24, 2.45) is 5.92 Å². The quantitative estimate of drug-likeness (QED) is 0.428. The Hall–Kier alpha value is -3.03. The standard InChI is InChI=1S/C25H22ClFN2O3S/c1-32-16-10-8-15(9-11-16)29-33(30,31)17-12-13-23-20(14-17)18-4-2-5-19(18)25(28-23)24-21(26)6-3-7-22(24)27/h2-4,6-14,18-19,25,28-29H,5H2,1H3/t18-,19+,25-/m0/s1. The number of allylic oxidation sites excluding steroid dienone is 2. The molecule has 3 aromatic carbocycles. The molecule has 1 aliphatic heterocycles. The molecule has 5 rings (SSSR count). The number of rotatable bonds is 5. The summed E-state index contributed by atoms with van der Waals surface area (Å²) in [6.07, 6.45) is 4.87. The fourth-order valence-electron chi connectivity index (χ4n) is 4.71. The predicted octanol–water partition coefficient (Wildman–Crippen LogP) is 6.12. The van der Waals surface area contributed by atoms with Crippen molar-refractivity contribution in [2.75, 3.05) is 17.1 Å². The van der Waals surface area contributed by atoms with Crippen molar-refractivity contribution < 1.29 is 17.5 Å². The maximum Gasteiger partial charge on any atom is 0.261 e. The van der Waals surface area contributed by atoms with Crippen molar-refractivity contribution in [2.45, 2.75) is 23.3 Å². The average molecular weight is 485 g/mol. The summed E-state index contributed by atoms with van der Waals surface area (Å²) in [4.78, 5) is 0.167. The molecule has 33 heavy (non-hydrogen) atoms. The molecule has 0 fully saturated rings. The zero-order valence-corrected chi connectivity index (χ0v) is 19.3. The number of anilines is 2. The van der Waals surface area contributed by atoms with Crippen LogP contribution in [-0.4, -0.2) is 15.5 Å². The highest BCUT2D eigenvalue weighted by Crippen LogP contribution is 2.51. The first-order valence-electron chi connectivity index (χ1n) is 10.6. The van der Waals surface area contributed by atoms with Gasteiger partial charge in [-0.05, 0) is 72.5 Å². The Morgan fingerprint density at radius 1 is 1.12 bits per heavy atom. The molecule has 3 aromatic rings. The molecule has 0 bridgehead atoms. The van der Waals surface area contributed by atoms with Gasteiger partial charge in [-0.2, -0.15) is 0 Å². The van der Waals surface area contributed by atoms with E-state index in [-0.39, 0.29) is 28.6 Å². The minimum Gasteiger partial charge on any atom is -0.497 e. The fraction of sp³-hybridized carbons (Fsp3) is 0.200. The average Bonchev–Trinajstić information content (AvgIpc) is 3.29. The smallest absolute Gasteiger partial charge is 0.261 e. The molecular weight excluding hydrogens is 463 g/mol. The molecule has 8 heteroatoms. The molecule has 0 spiro atoms. The Bertz CT molecular complexity index is 1320. The molecule has 0 aromatic heterocycles. The van der Waals surface area contributed by atoms with Crippen LogP contribution in [0, 0.1) is 11.7 Å². The van der Waals surface area contributed by atoms with E-state index in [1.165, 1.54) is 6.07 Å². The summed E-state index contributed by atoms with van der Waals surface area (Å²) in [6, 6.07) is 16.0. The molecule has 1 heterocycles. The summed E-state index contributed by atoms with van der Waals surface area (Å²) in [6.45, 7) is 0. The van der Waals surface area contributed by atoms with Crippen molar-refractivity contribution in [1.29, 1.82) is 0 Å². The number of fused-ring (bicyclic) bond motifs is 3. The Balaban J connectivity index is 1.49. The highest BCUT2D eigenvalue weighted by molar-refractivity contribution is 7.92. The van der Waals surface area contributed by atoms with E-state index in [9.17, 15) is 12.8 Å². The topological polar surface area (TPSA) is 67.4 Å². The highest BCUT2D eigenvalue weighted by atomic mass is 35.5. The van der Waals surface area contributed by atoms with Crippen molar-refractivity contribution in [3.05, 3.63) is 94.8 Å². The first-order valence-corrected chi connectivity index (χ1v) is 12.4. The molecule has 0 unspecified atom stereocenters. The van der Waals surface area contributed by atoms with Gasteiger partial charge >= 0.3 is 0 Å². The Morgan fingerprint density at radius 2 is 1.91 bits per heavy atom. The number of nitrogens with one attached hydrogen (secondary N) is 2. The van der Waals surface area contributed by atoms with Gasteiger partial charge in [-0.1, -0.05) is 29.8 Å². The number of ether oxygens (including phenoxy) is 1. The molecule has 0 saturated carbocycles. The van der Waals surface area contributed by atoms with Gasteiger partial charge in [-0.25, -0.2) is 12.8 Å². The van der Waals surface area contributed by atoms with Crippen LogP contribution in [0.15, 0.2) is 77.7 Å². The van der Waals surface area contributed by atoms with Crippen LogP contribution in [0.25, 0.3) is 0 Å². The largest absolute Gasteiger partial charge is 0.497 e. The van der Waals surface area contributed by atoms with Gasteiger partial charge in [0.2, 0.25) is 0 Å². The van der Waals surface area contributed by atoms with Crippen LogP contribution in [0.5, 0.6) is 5.75 Å². The van der Waals surface area contributed by atoms with Crippen molar-refractivity contribution in [1.82, 2.24) is 0 Å². The molecular formula is C25H22ClFN2O3S. The van der Waals surface area contributed by atoms with Crippen LogP contribution in [0.3, 0.4) is 0 Å². The Morgan fingerprint density at radius 3 is 2.64 bits per heavy atom. The molecule has 5 nitrogen and oxygen atoms in total. The lowest BCUT2D eigenvalue weighted by Gasteiger charge is -2.38. The maximum absolute atomic E-state index is 14.7. The number of hydrogen-bond acceptors (Lipinski definition) is 4. The van der Waals surface area contributed by atoms with Crippen molar-refractivity contribution >= 4 is 33.0 Å². The summed E-state index contributed by atoms with van der Waals surface area (Å²) in [5.41, 5.74) is 2.53. The molecule has 1 aliphatic carbocycles. The maximum atomic E-state index is 14.7. The lowest BCUT2D eigenvalue weighted by atomic mass is 9.77. The fourth-order valence-corrected chi connectivity index (χ4v) is 6.08. The summed E-state index contributed by atoms with van der Waals surface area (Å²) < 4.78 is 48.6. The van der Waals surface area contributed by atoms with Crippen LogP contribution in [0.1, 0.15) is 29.5 Å². The first-order chi connectivity index (χ1) is 15.9. The third-order valence-electron chi connectivity index (χ3n) is 6.30. The predicted molar refractivity (Wildman–Crippen MR) is 128 cm³/mol. The Kier molecular flexibility index (Phi) is 5.54. The molecule has 170 valence electrons. The number of halogens is 2. The first kappa shape index (κ1) is 21.8. The van der Waals surface area contributed by atoms with E-state index in [1.54, 1.807) is 61.7 Å². The zero-order valence-electron chi connectivity index (χ0n) is 17.8. The van der Waals surface area contributed by atoms with E-state index in [4.69, 9.17) is 16.3 Å². The zero-order chi connectivity index (χ0) is 23.2. The second-order valence-corrected chi connectivity index (χ2v) is 10.3. The van der Waals surface area contributed by atoms with Crippen LogP contribution in [0.4, 0.5) is 15.8 Å². The van der Waals surface area contributed by atoms with E-state index in [1.807, 2.05) is 0 Å². The number of sulfonamides is 1. The van der Waals surface area contributed by atoms with Gasteiger partial charge in [0.15, 0.2) is 0 Å². The van der Waals surface area contributed by atoms with Gasteiger partial charge in [-0.3, -0.25) is 4.72 Å². The van der Waals surface area contributed by atoms with Crippen LogP contribution in [-0.2, 0) is 10.0 Å². The van der Waals surface area contributed by atoms with Gasteiger partial charge in [0.1, 0.15) is 11.6 Å². The summed E-state index contributed by atoms with van der Waals surface area (Å²) >= 11 is 6.37. The van der Waals surface area contributed by atoms with Gasteiger partial charge in [0.05, 0.1) is 18.0 Å². The SMILES string of the molecule is COc1ccc(NS(=O)(=O)c2ccc3c(c2)[C@H]2C=CC[C@H]2[C@@H](c2c(F)cccc2Cl)N3)cc1. The van der Waals surface area contributed by atoms with Crippen molar-refractivity contribution in [3.8, 4) is 5.75 Å². The molecule has 2 N–H and O–H groups in total. The Labute approximate surface area is 197 Å². The molecule has 0 saturated heterocycles. The second kappa shape index (κ2) is 8.39. The monoisotopic (exact) mass is 484 g/mol. The van der Waals surface area contributed by atoms with Crippen LogP contribution >= 0.6 is 11.6 Å². The van der Waals surface area contributed by atoms with E-state index in [0.717, 1.165) is 17.7 Å². The minimum atomic E-state index is -3.80. The minimum absolute atomic E-state index is 0.0272. The number of benzene rings is 3. The van der Waals surface area contributed by atoms with E-state index in [2.05, 4.69) is 22.2 Å². The number of hydrogen-bond donors (Lipinski definition) is 2. The van der Waals surface area contributed by atoms with Crippen LogP contribution < -0.4 is 14.8 Å². The summed E-state index contributed by atoms with van der Waals surface area (Å²) in [5.74, 6) is 0.274. The number of methoxy groups -OCH3 is 1. The third-order valence-corrected chi connectivity index (χ3v) is 8.01. The molecule has 0 amide bonds. The summed E-state index contributed by atoms with van der Waals surface area (Å²) in [7, 11) is -2.25. The third kappa shape index (κ3) is 3.96. The van der Waals surface area contributed by atoms with Gasteiger partial charge in [-0.15, -0.1) is 0 Å². The van der Waals surface area contributed by atoms with Gasteiger partial charge in [0.25, 0.3) is 10.0 Å². The highest BCUT2D eigenvalue weighted by Gasteiger charge is 2.40. The summed E-state index contributed by atoms with van der Waals surface area (Å²) in [5, 5.41) is 3.79. The van der Waals surface area contributed by atoms with Gasteiger partial charge < -0.3 is 10.1 Å². The van der Waals surface area contributed by atoms with Gasteiger partial charge in [0, 0.05) is 27.9 Å². The molecule has 3 atom stereocenters. The normalized spacial score (nSPS) is 21.1. The lowest BCUT2D eigenvalue weighted by Crippen LogP contribution is -2.30. The van der Waals surface area contributed by atoms with E-state index < -0.39 is 10.0 Å². The van der Waals surface area contributed by atoms with E-state index in [0.29, 0.717) is 22.0 Å². The second-order valence-electron chi connectivity index (χ2n) is 8.19. The van der Waals surface area contributed by atoms with E-state index >= 15 is 0 Å². The van der Waals surface area contributed by atoms with Crippen molar-refractivity contribution in [3.63, 3.8) is 0 Å². The lowest BCUT2D eigenvalue weighted by molar-refractivity contribution is 0.413. The van der Waals surface area contributed by atoms with Crippen LogP contribution in [0.2, 0.25) is 5.02 Å². The molecule has 2 aliphatic rings.